The number of rotatable bonds is 6. The van der Waals surface area contributed by atoms with Crippen LogP contribution in [0.25, 0.3) is 0 Å². The first-order valence-corrected chi connectivity index (χ1v) is 11.0. The zero-order valence-corrected chi connectivity index (χ0v) is 20.2. The molecule has 1 aromatic carbocycles. The molecule has 0 aliphatic rings. The Labute approximate surface area is 170 Å². The van der Waals surface area contributed by atoms with Gasteiger partial charge in [0.2, 0.25) is 0 Å². The van der Waals surface area contributed by atoms with E-state index in [2.05, 4.69) is 95.2 Å². The standard InChI is InChI=1S/C26H46O/c1-13-20(17(3)4)26(14-2,18(5)6)19-15-21(24(7,8)9)23(27)22(16-19)25(10,11)12/h15-18,20,27H,13-14H2,1-12H3. The maximum Gasteiger partial charge on any atom is 0.123 e. The summed E-state index contributed by atoms with van der Waals surface area (Å²) in [7, 11) is 0. The van der Waals surface area contributed by atoms with Crippen molar-refractivity contribution in [2.45, 2.75) is 112 Å². The number of aromatic hydroxyl groups is 1. The van der Waals surface area contributed by atoms with Crippen molar-refractivity contribution in [1.82, 2.24) is 0 Å². The van der Waals surface area contributed by atoms with Crippen LogP contribution in [-0.2, 0) is 16.2 Å². The van der Waals surface area contributed by atoms with E-state index in [-0.39, 0.29) is 16.2 Å². The molecule has 27 heavy (non-hydrogen) atoms. The molecule has 2 atom stereocenters. The van der Waals surface area contributed by atoms with Crippen LogP contribution >= 0.6 is 0 Å². The number of phenolic OH excluding ortho intramolecular Hbond substituents is 1. The highest BCUT2D eigenvalue weighted by atomic mass is 16.3. The van der Waals surface area contributed by atoms with Crippen molar-refractivity contribution in [3.63, 3.8) is 0 Å². The van der Waals surface area contributed by atoms with Crippen LogP contribution < -0.4 is 0 Å². The predicted octanol–water partition coefficient (Wildman–Crippen LogP) is 7.97. The van der Waals surface area contributed by atoms with Gasteiger partial charge < -0.3 is 5.11 Å². The summed E-state index contributed by atoms with van der Waals surface area (Å²) in [5, 5.41) is 11.2. The molecule has 0 saturated carbocycles. The molecule has 1 nitrogen and oxygen atoms in total. The Kier molecular flexibility index (Phi) is 7.28. The molecule has 0 aliphatic heterocycles. The molecule has 1 N–H and O–H groups in total. The van der Waals surface area contributed by atoms with Crippen molar-refractivity contribution < 1.29 is 5.11 Å². The molecule has 156 valence electrons. The summed E-state index contributed by atoms with van der Waals surface area (Å²) < 4.78 is 0. The number of phenols is 1. The summed E-state index contributed by atoms with van der Waals surface area (Å²) in [5.74, 6) is 2.28. The monoisotopic (exact) mass is 374 g/mol. The summed E-state index contributed by atoms with van der Waals surface area (Å²) in [5.41, 5.74) is 3.54. The van der Waals surface area contributed by atoms with Crippen molar-refractivity contribution in [2.75, 3.05) is 0 Å². The van der Waals surface area contributed by atoms with Gasteiger partial charge in [-0.2, -0.15) is 0 Å². The summed E-state index contributed by atoms with van der Waals surface area (Å²) >= 11 is 0. The molecular weight excluding hydrogens is 328 g/mol. The second-order valence-electron chi connectivity index (χ2n) is 11.2. The molecule has 0 bridgehead atoms. The van der Waals surface area contributed by atoms with Crippen LogP contribution in [0, 0.1) is 17.8 Å². The normalized spacial score (nSPS) is 16.7. The zero-order valence-electron chi connectivity index (χ0n) is 20.2. The third-order valence-corrected chi connectivity index (χ3v) is 6.78. The minimum atomic E-state index is -0.0872. The van der Waals surface area contributed by atoms with Crippen molar-refractivity contribution in [3.8, 4) is 5.75 Å². The molecule has 0 aliphatic carbocycles. The summed E-state index contributed by atoms with van der Waals surface area (Å²) in [6, 6.07) is 4.66. The molecule has 1 aromatic rings. The minimum absolute atomic E-state index is 0.0872. The maximum atomic E-state index is 11.2. The third-order valence-electron chi connectivity index (χ3n) is 6.78. The van der Waals surface area contributed by atoms with E-state index in [1.165, 1.54) is 12.0 Å². The summed E-state index contributed by atoms with van der Waals surface area (Å²) in [6.45, 7) is 27.5. The Morgan fingerprint density at radius 2 is 1.22 bits per heavy atom. The molecule has 0 fully saturated rings. The number of benzene rings is 1. The molecule has 1 rings (SSSR count). The van der Waals surface area contributed by atoms with Crippen LogP contribution in [-0.4, -0.2) is 5.11 Å². The molecule has 0 spiro atoms. The lowest BCUT2D eigenvalue weighted by Gasteiger charge is -2.47. The highest BCUT2D eigenvalue weighted by Crippen LogP contribution is 2.50. The topological polar surface area (TPSA) is 20.2 Å². The molecular formula is C26H46O. The van der Waals surface area contributed by atoms with Gasteiger partial charge in [0.15, 0.2) is 0 Å². The smallest absolute Gasteiger partial charge is 0.123 e. The van der Waals surface area contributed by atoms with Crippen molar-refractivity contribution in [1.29, 1.82) is 0 Å². The molecule has 0 saturated heterocycles. The minimum Gasteiger partial charge on any atom is -0.507 e. The van der Waals surface area contributed by atoms with Gasteiger partial charge >= 0.3 is 0 Å². The lowest BCUT2D eigenvalue weighted by Crippen LogP contribution is -2.42. The largest absolute Gasteiger partial charge is 0.507 e. The molecule has 2 unspecified atom stereocenters. The van der Waals surface area contributed by atoms with E-state index >= 15 is 0 Å². The average molecular weight is 375 g/mol. The Bertz CT molecular complexity index is 590. The van der Waals surface area contributed by atoms with E-state index in [0.717, 1.165) is 17.5 Å². The first-order valence-electron chi connectivity index (χ1n) is 11.0. The van der Waals surface area contributed by atoms with Gasteiger partial charge in [-0.1, -0.05) is 102 Å². The predicted molar refractivity (Wildman–Crippen MR) is 121 cm³/mol. The van der Waals surface area contributed by atoms with E-state index in [0.29, 0.717) is 23.5 Å². The lowest BCUT2D eigenvalue weighted by molar-refractivity contribution is 0.132. The van der Waals surface area contributed by atoms with Gasteiger partial charge in [0.25, 0.3) is 0 Å². The van der Waals surface area contributed by atoms with Crippen LogP contribution in [0.15, 0.2) is 12.1 Å². The van der Waals surface area contributed by atoms with Crippen LogP contribution in [0.2, 0.25) is 0 Å². The second-order valence-corrected chi connectivity index (χ2v) is 11.2. The SMILES string of the molecule is CCC(C(C)C)C(CC)(c1cc(C(C)(C)C)c(O)c(C(C)(C)C)c1)C(C)C. The first kappa shape index (κ1) is 24.1. The van der Waals surface area contributed by atoms with Gasteiger partial charge in [-0.05, 0) is 51.7 Å². The highest BCUT2D eigenvalue weighted by Gasteiger charge is 2.43. The van der Waals surface area contributed by atoms with E-state index in [1.807, 2.05) is 0 Å². The molecule has 0 heterocycles. The Morgan fingerprint density at radius 1 is 0.815 bits per heavy atom. The van der Waals surface area contributed by atoms with Crippen LogP contribution in [0.3, 0.4) is 0 Å². The van der Waals surface area contributed by atoms with Crippen molar-refractivity contribution in [2.24, 2.45) is 17.8 Å². The zero-order chi connectivity index (χ0) is 21.4. The fourth-order valence-electron chi connectivity index (χ4n) is 5.33. The summed E-state index contributed by atoms with van der Waals surface area (Å²) in [4.78, 5) is 0. The van der Waals surface area contributed by atoms with E-state index in [4.69, 9.17) is 0 Å². The van der Waals surface area contributed by atoms with Crippen molar-refractivity contribution >= 4 is 0 Å². The van der Waals surface area contributed by atoms with Gasteiger partial charge in [-0.3, -0.25) is 0 Å². The Hall–Kier alpha value is -0.980. The van der Waals surface area contributed by atoms with Crippen LogP contribution in [0.4, 0.5) is 0 Å². The van der Waals surface area contributed by atoms with Gasteiger partial charge in [-0.25, -0.2) is 0 Å². The second kappa shape index (κ2) is 8.18. The molecule has 0 radical (unpaired) electrons. The first-order chi connectivity index (χ1) is 12.1. The quantitative estimate of drug-likeness (QED) is 0.535. The molecule has 0 amide bonds. The highest BCUT2D eigenvalue weighted by molar-refractivity contribution is 5.52. The fourth-order valence-corrected chi connectivity index (χ4v) is 5.33. The Morgan fingerprint density at radius 3 is 1.44 bits per heavy atom. The Balaban J connectivity index is 3.99. The van der Waals surface area contributed by atoms with Gasteiger partial charge in [0.05, 0.1) is 0 Å². The summed E-state index contributed by atoms with van der Waals surface area (Å²) in [6.07, 6.45) is 2.31. The lowest BCUT2D eigenvalue weighted by atomic mass is 9.57. The van der Waals surface area contributed by atoms with Crippen LogP contribution in [0.5, 0.6) is 5.75 Å². The van der Waals surface area contributed by atoms with E-state index in [1.54, 1.807) is 0 Å². The van der Waals surface area contributed by atoms with Gasteiger partial charge in [0.1, 0.15) is 5.75 Å². The fraction of sp³-hybridized carbons (Fsp3) is 0.769. The van der Waals surface area contributed by atoms with Gasteiger partial charge in [0, 0.05) is 5.41 Å². The van der Waals surface area contributed by atoms with Gasteiger partial charge in [-0.15, -0.1) is 0 Å². The molecule has 1 heteroatoms. The third kappa shape index (κ3) is 4.54. The molecule has 0 aromatic heterocycles. The number of hydrogen-bond donors (Lipinski definition) is 1. The van der Waals surface area contributed by atoms with Crippen molar-refractivity contribution in [3.05, 3.63) is 28.8 Å². The van der Waals surface area contributed by atoms with E-state index in [9.17, 15) is 5.11 Å². The van der Waals surface area contributed by atoms with Crippen LogP contribution in [0.1, 0.15) is 113 Å². The van der Waals surface area contributed by atoms with E-state index < -0.39 is 0 Å². The maximum absolute atomic E-state index is 11.2. The number of hydrogen-bond acceptors (Lipinski definition) is 1. The average Bonchev–Trinajstić information content (AvgIpc) is 2.49.